The Kier molecular flexibility index (Phi) is 4.00. The topological polar surface area (TPSA) is 72.6 Å². The van der Waals surface area contributed by atoms with Gasteiger partial charge in [0.25, 0.3) is 0 Å². The van der Waals surface area contributed by atoms with Crippen LogP contribution in [0.3, 0.4) is 0 Å². The number of carbonyl (C=O) groups excluding carboxylic acids is 2. The number of benzene rings is 1. The molecule has 0 bridgehead atoms. The van der Waals surface area contributed by atoms with Gasteiger partial charge in [0.05, 0.1) is 5.70 Å². The first kappa shape index (κ1) is 14.0. The van der Waals surface area contributed by atoms with Crippen molar-refractivity contribution in [2.75, 3.05) is 18.7 Å². The predicted molar refractivity (Wildman–Crippen MR) is 76.4 cm³/mol. The molecule has 0 spiro atoms. The van der Waals surface area contributed by atoms with E-state index in [0.717, 1.165) is 5.69 Å². The fourth-order valence-electron chi connectivity index (χ4n) is 1.91. The van der Waals surface area contributed by atoms with Crippen LogP contribution in [0.1, 0.15) is 6.92 Å². The molecule has 1 aromatic rings. The molecule has 1 aliphatic rings. The summed E-state index contributed by atoms with van der Waals surface area (Å²) in [5, 5.41) is 0. The van der Waals surface area contributed by atoms with Gasteiger partial charge < -0.3 is 9.64 Å². The van der Waals surface area contributed by atoms with Gasteiger partial charge >= 0.3 is 0 Å². The number of carbonyl (C=O) groups is 2. The lowest BCUT2D eigenvalue weighted by atomic mass is 10.0. The Morgan fingerprint density at radius 1 is 1.10 bits per heavy atom. The number of likely N-dealkylation sites (N-methyl/N-ethyl adjacent to an activating group) is 1. The van der Waals surface area contributed by atoms with Crippen LogP contribution in [0, 0.1) is 0 Å². The molecule has 0 atom stereocenters. The molecule has 5 nitrogen and oxygen atoms in total. The highest BCUT2D eigenvalue weighted by molar-refractivity contribution is 6.20. The zero-order valence-electron chi connectivity index (χ0n) is 11.4. The second-order valence-electron chi connectivity index (χ2n) is 4.45. The average molecular weight is 272 g/mol. The quantitative estimate of drug-likeness (QED) is 0.662. The lowest BCUT2D eigenvalue weighted by Gasteiger charge is -2.23. The minimum Gasteiger partial charge on any atom is -0.479 e. The normalized spacial score (nSPS) is 14.8. The SMILES string of the molecule is CC1=CC(=O)C(N(C)c2ccc(OCN)cc2)=CC1=O. The second-order valence-corrected chi connectivity index (χ2v) is 4.45. The fraction of sp³-hybridized carbons (Fsp3) is 0.200. The summed E-state index contributed by atoms with van der Waals surface area (Å²) in [4.78, 5) is 25.3. The van der Waals surface area contributed by atoms with Crippen LogP contribution < -0.4 is 15.4 Å². The third-order valence-corrected chi connectivity index (χ3v) is 3.09. The number of anilines is 1. The van der Waals surface area contributed by atoms with Crippen LogP contribution in [0.15, 0.2) is 47.7 Å². The van der Waals surface area contributed by atoms with E-state index in [0.29, 0.717) is 17.0 Å². The van der Waals surface area contributed by atoms with Crippen LogP contribution in [0.5, 0.6) is 5.75 Å². The largest absolute Gasteiger partial charge is 0.479 e. The van der Waals surface area contributed by atoms with E-state index in [4.69, 9.17) is 10.5 Å². The maximum atomic E-state index is 12.0. The van der Waals surface area contributed by atoms with Crippen molar-refractivity contribution in [3.05, 3.63) is 47.7 Å². The van der Waals surface area contributed by atoms with Gasteiger partial charge in [-0.25, -0.2) is 0 Å². The standard InChI is InChI=1S/C15H16N2O3/c1-10-7-15(19)13(8-14(10)18)17(2)11-3-5-12(6-4-11)20-9-16/h3-8H,9,16H2,1-2H3. The molecular formula is C15H16N2O3. The third kappa shape index (κ3) is 2.78. The average Bonchev–Trinajstić information content (AvgIpc) is 2.43. The second kappa shape index (κ2) is 5.71. The van der Waals surface area contributed by atoms with Gasteiger partial charge in [0, 0.05) is 24.4 Å². The summed E-state index contributed by atoms with van der Waals surface area (Å²) < 4.78 is 5.15. The molecule has 5 heteroatoms. The highest BCUT2D eigenvalue weighted by atomic mass is 16.5. The predicted octanol–water partition coefficient (Wildman–Crippen LogP) is 1.40. The van der Waals surface area contributed by atoms with E-state index in [-0.39, 0.29) is 18.3 Å². The Labute approximate surface area is 117 Å². The van der Waals surface area contributed by atoms with Crippen molar-refractivity contribution in [3.8, 4) is 5.75 Å². The number of rotatable bonds is 4. The van der Waals surface area contributed by atoms with Gasteiger partial charge in [-0.3, -0.25) is 15.3 Å². The maximum Gasteiger partial charge on any atom is 0.202 e. The zero-order chi connectivity index (χ0) is 14.7. The highest BCUT2D eigenvalue weighted by Crippen LogP contribution is 2.23. The van der Waals surface area contributed by atoms with Crippen LogP contribution in [-0.2, 0) is 9.59 Å². The summed E-state index contributed by atoms with van der Waals surface area (Å²) in [5.41, 5.74) is 6.89. The highest BCUT2D eigenvalue weighted by Gasteiger charge is 2.21. The molecule has 0 heterocycles. The number of hydrogen-bond acceptors (Lipinski definition) is 5. The summed E-state index contributed by atoms with van der Waals surface area (Å²) >= 11 is 0. The molecule has 0 aliphatic heterocycles. The molecule has 104 valence electrons. The summed E-state index contributed by atoms with van der Waals surface area (Å²) in [7, 11) is 1.74. The van der Waals surface area contributed by atoms with Crippen molar-refractivity contribution in [3.63, 3.8) is 0 Å². The van der Waals surface area contributed by atoms with Crippen molar-refractivity contribution in [1.29, 1.82) is 0 Å². The van der Waals surface area contributed by atoms with Crippen LogP contribution in [0.2, 0.25) is 0 Å². The molecular weight excluding hydrogens is 256 g/mol. The first-order valence-corrected chi connectivity index (χ1v) is 6.18. The summed E-state index contributed by atoms with van der Waals surface area (Å²) in [5.74, 6) is 0.335. The molecule has 0 amide bonds. The molecule has 0 radical (unpaired) electrons. The molecule has 0 fully saturated rings. The van der Waals surface area contributed by atoms with Gasteiger partial charge in [0.15, 0.2) is 5.78 Å². The van der Waals surface area contributed by atoms with E-state index in [1.54, 1.807) is 43.1 Å². The van der Waals surface area contributed by atoms with Crippen LogP contribution in [0.4, 0.5) is 5.69 Å². The molecule has 0 saturated carbocycles. The van der Waals surface area contributed by atoms with Gasteiger partial charge in [-0.2, -0.15) is 0 Å². The molecule has 1 aromatic carbocycles. The minimum absolute atomic E-state index is 0.109. The monoisotopic (exact) mass is 272 g/mol. The smallest absolute Gasteiger partial charge is 0.202 e. The van der Waals surface area contributed by atoms with E-state index in [2.05, 4.69) is 0 Å². The zero-order valence-corrected chi connectivity index (χ0v) is 11.4. The molecule has 2 rings (SSSR count). The summed E-state index contributed by atoms with van der Waals surface area (Å²) in [6.07, 6.45) is 2.72. The summed E-state index contributed by atoms with van der Waals surface area (Å²) in [6, 6.07) is 7.12. The Hall–Kier alpha value is -2.40. The first-order chi connectivity index (χ1) is 9.52. The van der Waals surface area contributed by atoms with Crippen LogP contribution >= 0.6 is 0 Å². The van der Waals surface area contributed by atoms with Gasteiger partial charge in [-0.1, -0.05) is 0 Å². The number of nitrogens with two attached hydrogens (primary N) is 1. The Bertz CT molecular complexity index is 600. The molecule has 0 unspecified atom stereocenters. The van der Waals surface area contributed by atoms with Gasteiger partial charge in [0.1, 0.15) is 12.5 Å². The van der Waals surface area contributed by atoms with E-state index >= 15 is 0 Å². The van der Waals surface area contributed by atoms with Gasteiger partial charge in [0.2, 0.25) is 5.78 Å². The fourth-order valence-corrected chi connectivity index (χ4v) is 1.91. The molecule has 0 saturated heterocycles. The summed E-state index contributed by atoms with van der Waals surface area (Å²) in [6.45, 7) is 1.74. The first-order valence-electron chi connectivity index (χ1n) is 6.18. The van der Waals surface area contributed by atoms with Crippen molar-refractivity contribution >= 4 is 17.3 Å². The van der Waals surface area contributed by atoms with Crippen molar-refractivity contribution < 1.29 is 14.3 Å². The Morgan fingerprint density at radius 3 is 2.35 bits per heavy atom. The van der Waals surface area contributed by atoms with Crippen LogP contribution in [0.25, 0.3) is 0 Å². The maximum absolute atomic E-state index is 12.0. The number of hydrogen-bond donors (Lipinski definition) is 1. The van der Waals surface area contributed by atoms with E-state index in [1.165, 1.54) is 12.2 Å². The third-order valence-electron chi connectivity index (χ3n) is 3.09. The van der Waals surface area contributed by atoms with Gasteiger partial charge in [-0.05, 0) is 37.3 Å². The lowest BCUT2D eigenvalue weighted by Crippen LogP contribution is -2.26. The van der Waals surface area contributed by atoms with E-state index in [9.17, 15) is 9.59 Å². The number of ketones is 2. The van der Waals surface area contributed by atoms with E-state index < -0.39 is 0 Å². The molecule has 1 aliphatic carbocycles. The molecule has 0 aromatic heterocycles. The van der Waals surface area contributed by atoms with Gasteiger partial charge in [-0.15, -0.1) is 0 Å². The van der Waals surface area contributed by atoms with Crippen LogP contribution in [-0.4, -0.2) is 25.3 Å². The number of ether oxygens (including phenoxy) is 1. The Balaban J connectivity index is 2.23. The van der Waals surface area contributed by atoms with Crippen molar-refractivity contribution in [2.45, 2.75) is 6.92 Å². The Morgan fingerprint density at radius 2 is 1.75 bits per heavy atom. The van der Waals surface area contributed by atoms with E-state index in [1.807, 2.05) is 0 Å². The number of nitrogens with zero attached hydrogens (tertiary/aromatic N) is 1. The van der Waals surface area contributed by atoms with Crippen molar-refractivity contribution in [1.82, 2.24) is 0 Å². The number of allylic oxidation sites excluding steroid dienone is 3. The lowest BCUT2D eigenvalue weighted by molar-refractivity contribution is -0.115. The van der Waals surface area contributed by atoms with Crippen molar-refractivity contribution in [2.24, 2.45) is 5.73 Å². The molecule has 2 N–H and O–H groups in total. The minimum atomic E-state index is -0.174. The molecule has 20 heavy (non-hydrogen) atoms.